The normalized spacial score (nSPS) is 13.8. The van der Waals surface area contributed by atoms with Gasteiger partial charge in [-0.05, 0) is 24.6 Å². The van der Waals surface area contributed by atoms with Crippen LogP contribution >= 0.6 is 0 Å². The van der Waals surface area contributed by atoms with E-state index in [1.54, 1.807) is 12.1 Å². The summed E-state index contributed by atoms with van der Waals surface area (Å²) in [7, 11) is 0. The number of phenolic OH excluding ortho intramolecular Hbond substituents is 1. The molecule has 1 aromatic rings. The standard InChI is InChI=1S/C13H21NO2/c1-10(14-8-13(2,3)9-15)11-5-4-6-12(16)7-11/h4-7,10,14-16H,8-9H2,1-3H3. The van der Waals surface area contributed by atoms with Gasteiger partial charge in [0.1, 0.15) is 5.75 Å². The van der Waals surface area contributed by atoms with Crippen molar-refractivity contribution < 1.29 is 10.2 Å². The van der Waals surface area contributed by atoms with E-state index in [4.69, 9.17) is 5.11 Å². The first-order chi connectivity index (χ1) is 7.44. The summed E-state index contributed by atoms with van der Waals surface area (Å²) in [6.45, 7) is 6.96. The Bertz CT molecular complexity index is 336. The molecule has 1 rings (SSSR count). The molecule has 90 valence electrons. The van der Waals surface area contributed by atoms with Gasteiger partial charge in [-0.15, -0.1) is 0 Å². The fourth-order valence-electron chi connectivity index (χ4n) is 1.40. The van der Waals surface area contributed by atoms with E-state index in [9.17, 15) is 5.11 Å². The second-order valence-corrected chi connectivity index (χ2v) is 5.02. The van der Waals surface area contributed by atoms with E-state index >= 15 is 0 Å². The molecule has 0 fully saturated rings. The molecular formula is C13H21NO2. The number of rotatable bonds is 5. The van der Waals surface area contributed by atoms with Gasteiger partial charge in [0.15, 0.2) is 0 Å². The van der Waals surface area contributed by atoms with E-state index < -0.39 is 0 Å². The predicted molar refractivity (Wildman–Crippen MR) is 65.4 cm³/mol. The Morgan fingerprint density at radius 3 is 2.62 bits per heavy atom. The summed E-state index contributed by atoms with van der Waals surface area (Å²) >= 11 is 0. The zero-order valence-corrected chi connectivity index (χ0v) is 10.2. The third-order valence-electron chi connectivity index (χ3n) is 2.69. The van der Waals surface area contributed by atoms with Gasteiger partial charge < -0.3 is 15.5 Å². The maximum Gasteiger partial charge on any atom is 0.115 e. The zero-order chi connectivity index (χ0) is 12.2. The maximum atomic E-state index is 9.37. The molecule has 0 bridgehead atoms. The summed E-state index contributed by atoms with van der Waals surface area (Å²) in [5.74, 6) is 0.285. The van der Waals surface area contributed by atoms with E-state index in [-0.39, 0.29) is 23.8 Å². The molecule has 0 saturated heterocycles. The molecule has 3 N–H and O–H groups in total. The lowest BCUT2D eigenvalue weighted by Crippen LogP contribution is -2.33. The van der Waals surface area contributed by atoms with Crippen LogP contribution in [0.3, 0.4) is 0 Å². The van der Waals surface area contributed by atoms with Crippen LogP contribution in [0.4, 0.5) is 0 Å². The molecule has 3 nitrogen and oxygen atoms in total. The largest absolute Gasteiger partial charge is 0.508 e. The third-order valence-corrected chi connectivity index (χ3v) is 2.69. The molecular weight excluding hydrogens is 202 g/mol. The quantitative estimate of drug-likeness (QED) is 0.716. The van der Waals surface area contributed by atoms with Crippen molar-refractivity contribution in [1.82, 2.24) is 5.32 Å². The topological polar surface area (TPSA) is 52.5 Å². The minimum Gasteiger partial charge on any atom is -0.508 e. The molecule has 0 heterocycles. The smallest absolute Gasteiger partial charge is 0.115 e. The molecule has 0 saturated carbocycles. The van der Waals surface area contributed by atoms with Crippen LogP contribution in [0.1, 0.15) is 32.4 Å². The maximum absolute atomic E-state index is 9.37. The first-order valence-corrected chi connectivity index (χ1v) is 5.58. The summed E-state index contributed by atoms with van der Waals surface area (Å²) in [5, 5.41) is 21.9. The van der Waals surface area contributed by atoms with Gasteiger partial charge in [-0.3, -0.25) is 0 Å². The van der Waals surface area contributed by atoms with E-state index in [2.05, 4.69) is 5.32 Å². The predicted octanol–water partition coefficient (Wildman–Crippen LogP) is 2.06. The highest BCUT2D eigenvalue weighted by molar-refractivity contribution is 5.29. The van der Waals surface area contributed by atoms with Gasteiger partial charge in [-0.25, -0.2) is 0 Å². The first-order valence-electron chi connectivity index (χ1n) is 5.58. The number of phenols is 1. The lowest BCUT2D eigenvalue weighted by Gasteiger charge is -2.25. The van der Waals surface area contributed by atoms with E-state index in [1.165, 1.54) is 0 Å². The fourth-order valence-corrected chi connectivity index (χ4v) is 1.40. The van der Waals surface area contributed by atoms with Crippen LogP contribution in [0.2, 0.25) is 0 Å². The lowest BCUT2D eigenvalue weighted by atomic mass is 9.94. The monoisotopic (exact) mass is 223 g/mol. The van der Waals surface area contributed by atoms with Gasteiger partial charge in [0, 0.05) is 24.6 Å². The molecule has 1 atom stereocenters. The van der Waals surface area contributed by atoms with Crippen molar-refractivity contribution in [2.24, 2.45) is 5.41 Å². The van der Waals surface area contributed by atoms with Gasteiger partial charge in [-0.1, -0.05) is 26.0 Å². The number of hydrogen-bond donors (Lipinski definition) is 3. The summed E-state index contributed by atoms with van der Waals surface area (Å²) in [5.41, 5.74) is 0.930. The second-order valence-electron chi connectivity index (χ2n) is 5.02. The number of aliphatic hydroxyl groups is 1. The SMILES string of the molecule is CC(NCC(C)(C)CO)c1cccc(O)c1. The van der Waals surface area contributed by atoms with Crippen LogP contribution in [0, 0.1) is 5.41 Å². The highest BCUT2D eigenvalue weighted by Crippen LogP contribution is 2.19. The number of aliphatic hydroxyl groups excluding tert-OH is 1. The van der Waals surface area contributed by atoms with E-state index in [0.717, 1.165) is 12.1 Å². The summed E-state index contributed by atoms with van der Waals surface area (Å²) in [6, 6.07) is 7.39. The van der Waals surface area contributed by atoms with E-state index in [0.29, 0.717) is 0 Å². The number of nitrogens with one attached hydrogen (secondary N) is 1. The van der Waals surface area contributed by atoms with Crippen LogP contribution in [-0.4, -0.2) is 23.4 Å². The molecule has 0 aliphatic heterocycles. The van der Waals surface area contributed by atoms with Crippen molar-refractivity contribution in [3.05, 3.63) is 29.8 Å². The van der Waals surface area contributed by atoms with Crippen molar-refractivity contribution in [2.45, 2.75) is 26.8 Å². The highest BCUT2D eigenvalue weighted by atomic mass is 16.3. The summed E-state index contributed by atoms with van der Waals surface area (Å²) in [6.07, 6.45) is 0. The van der Waals surface area contributed by atoms with Crippen LogP contribution in [-0.2, 0) is 0 Å². The Morgan fingerprint density at radius 1 is 1.38 bits per heavy atom. The van der Waals surface area contributed by atoms with Crippen molar-refractivity contribution in [3.63, 3.8) is 0 Å². The van der Waals surface area contributed by atoms with Gasteiger partial charge in [0.05, 0.1) is 0 Å². The Kier molecular flexibility index (Phi) is 4.33. The Hall–Kier alpha value is -1.06. The minimum absolute atomic E-state index is 0.120. The molecule has 1 unspecified atom stereocenters. The Morgan fingerprint density at radius 2 is 2.06 bits per heavy atom. The average molecular weight is 223 g/mol. The molecule has 0 radical (unpaired) electrons. The van der Waals surface area contributed by atoms with Crippen LogP contribution in [0.15, 0.2) is 24.3 Å². The molecule has 1 aromatic carbocycles. The zero-order valence-electron chi connectivity index (χ0n) is 10.2. The fraction of sp³-hybridized carbons (Fsp3) is 0.538. The van der Waals surface area contributed by atoms with Gasteiger partial charge in [0.2, 0.25) is 0 Å². The number of aromatic hydroxyl groups is 1. The molecule has 0 aliphatic rings. The van der Waals surface area contributed by atoms with Crippen molar-refractivity contribution >= 4 is 0 Å². The molecule has 0 aromatic heterocycles. The molecule has 0 aliphatic carbocycles. The van der Waals surface area contributed by atoms with Crippen LogP contribution in [0.25, 0.3) is 0 Å². The second kappa shape index (κ2) is 5.32. The van der Waals surface area contributed by atoms with Crippen LogP contribution in [0.5, 0.6) is 5.75 Å². The van der Waals surface area contributed by atoms with Gasteiger partial charge in [0.25, 0.3) is 0 Å². The highest BCUT2D eigenvalue weighted by Gasteiger charge is 2.17. The molecule has 3 heteroatoms. The van der Waals surface area contributed by atoms with Crippen LogP contribution < -0.4 is 5.32 Å². The minimum atomic E-state index is -0.120. The molecule has 0 amide bonds. The first kappa shape index (κ1) is 13.0. The molecule has 0 spiro atoms. The van der Waals surface area contributed by atoms with Crippen molar-refractivity contribution in [3.8, 4) is 5.75 Å². The van der Waals surface area contributed by atoms with Crippen molar-refractivity contribution in [1.29, 1.82) is 0 Å². The third kappa shape index (κ3) is 3.83. The van der Waals surface area contributed by atoms with Gasteiger partial charge in [-0.2, -0.15) is 0 Å². The lowest BCUT2D eigenvalue weighted by molar-refractivity contribution is 0.154. The average Bonchev–Trinajstić information content (AvgIpc) is 2.26. The van der Waals surface area contributed by atoms with E-state index in [1.807, 2.05) is 32.9 Å². The van der Waals surface area contributed by atoms with Gasteiger partial charge >= 0.3 is 0 Å². The number of hydrogen-bond acceptors (Lipinski definition) is 3. The summed E-state index contributed by atoms with van der Waals surface area (Å²) in [4.78, 5) is 0. The Balaban J connectivity index is 2.56. The number of benzene rings is 1. The molecule has 16 heavy (non-hydrogen) atoms. The van der Waals surface area contributed by atoms with Crippen molar-refractivity contribution in [2.75, 3.05) is 13.2 Å². The Labute approximate surface area is 97.1 Å². The summed E-state index contributed by atoms with van der Waals surface area (Å²) < 4.78 is 0.